The van der Waals surface area contributed by atoms with E-state index < -0.39 is 0 Å². The standard InChI is InChI=1S/C18H26N4O2S/c1-21(11-14-6-8-15(23-2)9-7-14)13-17-19-20-18(25-3)22(17)12-16-5-4-10-24-16/h6-9,16H,4-5,10-13H2,1-3H3/t16-/m0/s1. The first-order chi connectivity index (χ1) is 12.2. The molecular formula is C18H26N4O2S. The zero-order valence-electron chi connectivity index (χ0n) is 15.1. The number of methoxy groups -OCH3 is 1. The van der Waals surface area contributed by atoms with Crippen LogP contribution < -0.4 is 4.74 Å². The van der Waals surface area contributed by atoms with Crippen LogP contribution in [0.4, 0.5) is 0 Å². The van der Waals surface area contributed by atoms with Gasteiger partial charge in [-0.3, -0.25) is 4.90 Å². The molecule has 3 rings (SSSR count). The first-order valence-electron chi connectivity index (χ1n) is 8.58. The van der Waals surface area contributed by atoms with Crippen molar-refractivity contribution in [3.63, 3.8) is 0 Å². The molecule has 0 radical (unpaired) electrons. The van der Waals surface area contributed by atoms with Crippen molar-refractivity contribution < 1.29 is 9.47 Å². The topological polar surface area (TPSA) is 52.4 Å². The third-order valence-electron chi connectivity index (χ3n) is 4.41. The molecule has 6 nitrogen and oxygen atoms in total. The van der Waals surface area contributed by atoms with Gasteiger partial charge in [-0.15, -0.1) is 10.2 Å². The van der Waals surface area contributed by atoms with E-state index in [4.69, 9.17) is 9.47 Å². The second-order valence-corrected chi connectivity index (χ2v) is 7.14. The predicted octanol–water partition coefficient (Wildman–Crippen LogP) is 2.82. The first-order valence-corrected chi connectivity index (χ1v) is 9.81. The minimum atomic E-state index is 0.285. The molecule has 0 aliphatic carbocycles. The maximum absolute atomic E-state index is 5.79. The van der Waals surface area contributed by atoms with Gasteiger partial charge in [-0.25, -0.2) is 0 Å². The summed E-state index contributed by atoms with van der Waals surface area (Å²) in [4.78, 5) is 2.25. The van der Waals surface area contributed by atoms with Crippen molar-refractivity contribution in [2.45, 2.75) is 43.7 Å². The summed E-state index contributed by atoms with van der Waals surface area (Å²) in [6.07, 6.45) is 4.59. The molecule has 0 spiro atoms. The molecule has 1 saturated heterocycles. The highest BCUT2D eigenvalue weighted by Gasteiger charge is 2.21. The van der Waals surface area contributed by atoms with Gasteiger partial charge in [-0.05, 0) is 43.8 Å². The Balaban J connectivity index is 1.65. The van der Waals surface area contributed by atoms with Crippen LogP contribution in [0.3, 0.4) is 0 Å². The lowest BCUT2D eigenvalue weighted by Crippen LogP contribution is -2.23. The van der Waals surface area contributed by atoms with Crippen LogP contribution >= 0.6 is 11.8 Å². The van der Waals surface area contributed by atoms with Gasteiger partial charge in [0, 0.05) is 13.2 Å². The van der Waals surface area contributed by atoms with Crippen molar-refractivity contribution >= 4 is 11.8 Å². The molecule has 2 aromatic rings. The van der Waals surface area contributed by atoms with Crippen LogP contribution in [-0.4, -0.2) is 52.8 Å². The van der Waals surface area contributed by atoms with Crippen molar-refractivity contribution in [3.05, 3.63) is 35.7 Å². The van der Waals surface area contributed by atoms with E-state index in [9.17, 15) is 0 Å². The molecule has 136 valence electrons. The number of rotatable bonds is 8. The largest absolute Gasteiger partial charge is 0.497 e. The number of hydrogen-bond acceptors (Lipinski definition) is 6. The number of nitrogens with zero attached hydrogens (tertiary/aromatic N) is 4. The summed E-state index contributed by atoms with van der Waals surface area (Å²) >= 11 is 1.64. The molecular weight excluding hydrogens is 336 g/mol. The molecule has 2 heterocycles. The van der Waals surface area contributed by atoms with Crippen molar-refractivity contribution in [2.24, 2.45) is 0 Å². The van der Waals surface area contributed by atoms with Gasteiger partial charge in [0.05, 0.1) is 26.3 Å². The number of benzene rings is 1. The lowest BCUT2D eigenvalue weighted by atomic mass is 10.2. The minimum absolute atomic E-state index is 0.285. The summed E-state index contributed by atoms with van der Waals surface area (Å²) in [5.74, 6) is 1.88. The highest BCUT2D eigenvalue weighted by atomic mass is 32.2. The van der Waals surface area contributed by atoms with Crippen LogP contribution in [0.2, 0.25) is 0 Å². The molecule has 0 unspecified atom stereocenters. The maximum Gasteiger partial charge on any atom is 0.191 e. The van der Waals surface area contributed by atoms with Crippen molar-refractivity contribution in [1.29, 1.82) is 0 Å². The zero-order valence-corrected chi connectivity index (χ0v) is 16.0. The van der Waals surface area contributed by atoms with E-state index >= 15 is 0 Å². The normalized spacial score (nSPS) is 17.4. The predicted molar refractivity (Wildman–Crippen MR) is 98.9 cm³/mol. The Morgan fingerprint density at radius 2 is 2.08 bits per heavy atom. The van der Waals surface area contributed by atoms with Crippen molar-refractivity contribution in [1.82, 2.24) is 19.7 Å². The fourth-order valence-electron chi connectivity index (χ4n) is 3.10. The molecule has 1 aromatic carbocycles. The van der Waals surface area contributed by atoms with Gasteiger partial charge in [0.15, 0.2) is 5.16 Å². The quantitative estimate of drug-likeness (QED) is 0.673. The van der Waals surface area contributed by atoms with Crippen LogP contribution in [0.25, 0.3) is 0 Å². The summed E-state index contributed by atoms with van der Waals surface area (Å²) < 4.78 is 13.2. The third-order valence-corrected chi connectivity index (χ3v) is 5.08. The van der Waals surface area contributed by atoms with Gasteiger partial charge in [-0.1, -0.05) is 23.9 Å². The monoisotopic (exact) mass is 362 g/mol. The van der Waals surface area contributed by atoms with E-state index in [1.54, 1.807) is 18.9 Å². The molecule has 1 fully saturated rings. The summed E-state index contributed by atoms with van der Waals surface area (Å²) in [6, 6.07) is 8.18. The van der Waals surface area contributed by atoms with E-state index in [1.165, 1.54) is 5.56 Å². The molecule has 0 amide bonds. The SMILES string of the molecule is COc1ccc(CN(C)Cc2nnc(SC)n2C[C@@H]2CCCO2)cc1. The van der Waals surface area contributed by atoms with Gasteiger partial charge in [0.2, 0.25) is 0 Å². The minimum Gasteiger partial charge on any atom is -0.497 e. The summed E-state index contributed by atoms with van der Waals surface area (Å²) in [7, 11) is 3.79. The smallest absolute Gasteiger partial charge is 0.191 e. The molecule has 1 aliphatic heterocycles. The van der Waals surface area contributed by atoms with Gasteiger partial charge in [-0.2, -0.15) is 0 Å². The van der Waals surface area contributed by atoms with Gasteiger partial charge < -0.3 is 14.0 Å². The fraction of sp³-hybridized carbons (Fsp3) is 0.556. The number of hydrogen-bond donors (Lipinski definition) is 0. The zero-order chi connectivity index (χ0) is 17.6. The van der Waals surface area contributed by atoms with Crippen molar-refractivity contribution in [2.75, 3.05) is 27.0 Å². The Bertz CT molecular complexity index is 668. The molecule has 0 N–H and O–H groups in total. The molecule has 25 heavy (non-hydrogen) atoms. The number of ether oxygens (including phenoxy) is 2. The van der Waals surface area contributed by atoms with E-state index in [1.807, 2.05) is 18.4 Å². The molecule has 1 aliphatic rings. The van der Waals surface area contributed by atoms with Crippen LogP contribution in [0.15, 0.2) is 29.4 Å². The summed E-state index contributed by atoms with van der Waals surface area (Å²) in [5, 5.41) is 9.71. The highest BCUT2D eigenvalue weighted by molar-refractivity contribution is 7.98. The van der Waals surface area contributed by atoms with Crippen molar-refractivity contribution in [3.8, 4) is 5.75 Å². The fourth-order valence-corrected chi connectivity index (χ4v) is 3.63. The van der Waals surface area contributed by atoms with Gasteiger partial charge in [0.1, 0.15) is 11.6 Å². The van der Waals surface area contributed by atoms with E-state index in [2.05, 4.69) is 38.8 Å². The van der Waals surface area contributed by atoms with E-state index in [0.29, 0.717) is 0 Å². The lowest BCUT2D eigenvalue weighted by molar-refractivity contribution is 0.0934. The average molecular weight is 362 g/mol. The Morgan fingerprint density at radius 3 is 2.72 bits per heavy atom. The molecule has 1 aromatic heterocycles. The van der Waals surface area contributed by atoms with Crippen LogP contribution in [0.5, 0.6) is 5.75 Å². The lowest BCUT2D eigenvalue weighted by Gasteiger charge is -2.19. The Morgan fingerprint density at radius 1 is 1.28 bits per heavy atom. The second-order valence-electron chi connectivity index (χ2n) is 6.37. The molecule has 0 bridgehead atoms. The van der Waals surface area contributed by atoms with Crippen LogP contribution in [0, 0.1) is 0 Å². The third kappa shape index (κ3) is 4.74. The Kier molecular flexibility index (Phi) is 6.34. The molecule has 0 saturated carbocycles. The average Bonchev–Trinajstić information content (AvgIpc) is 3.26. The van der Waals surface area contributed by atoms with Crippen LogP contribution in [-0.2, 0) is 24.4 Å². The molecule has 1 atom stereocenters. The second kappa shape index (κ2) is 8.69. The number of aromatic nitrogens is 3. The van der Waals surface area contributed by atoms with Gasteiger partial charge >= 0.3 is 0 Å². The summed E-state index contributed by atoms with van der Waals surface area (Å²) in [6.45, 7) is 3.32. The van der Waals surface area contributed by atoms with E-state index in [-0.39, 0.29) is 6.10 Å². The summed E-state index contributed by atoms with van der Waals surface area (Å²) in [5.41, 5.74) is 1.25. The van der Waals surface area contributed by atoms with Gasteiger partial charge in [0.25, 0.3) is 0 Å². The number of thioether (sulfide) groups is 1. The Labute approximate surface area is 153 Å². The van der Waals surface area contributed by atoms with Crippen LogP contribution in [0.1, 0.15) is 24.2 Å². The highest BCUT2D eigenvalue weighted by Crippen LogP contribution is 2.21. The first kappa shape index (κ1) is 18.2. The Hall–Kier alpha value is -1.57. The molecule has 7 heteroatoms. The maximum atomic E-state index is 5.79. The van der Waals surface area contributed by atoms with E-state index in [0.717, 1.165) is 55.8 Å².